The van der Waals surface area contributed by atoms with Crippen LogP contribution in [-0.4, -0.2) is 139 Å². The molecule has 358 valence electrons. The van der Waals surface area contributed by atoms with Gasteiger partial charge in [-0.2, -0.15) is 0 Å². The number of piperidine rings is 2. The van der Waals surface area contributed by atoms with Crippen molar-refractivity contribution in [2.75, 3.05) is 76.5 Å². The van der Waals surface area contributed by atoms with Gasteiger partial charge in [-0.05, 0) is 75.3 Å². The second kappa shape index (κ2) is 21.0. The van der Waals surface area contributed by atoms with Crippen LogP contribution in [0.25, 0.3) is 0 Å². The molecule has 4 aliphatic rings. The molecule has 5 heterocycles. The molecule has 3 saturated heterocycles. The van der Waals surface area contributed by atoms with E-state index < -0.39 is 36.8 Å². The average Bonchev–Trinajstić information content (AvgIpc) is 3.90. The molecule has 0 radical (unpaired) electrons. The van der Waals surface area contributed by atoms with E-state index >= 15 is 0 Å². The Labute approximate surface area is 399 Å². The van der Waals surface area contributed by atoms with E-state index in [1.165, 1.54) is 12.3 Å². The summed E-state index contributed by atoms with van der Waals surface area (Å²) in [5.41, 5.74) is 3.17. The first-order valence-electron chi connectivity index (χ1n) is 22.8. The van der Waals surface area contributed by atoms with Gasteiger partial charge in [-0.1, -0.05) is 41.9 Å². The summed E-state index contributed by atoms with van der Waals surface area (Å²) in [6, 6.07) is 17.1. The molecule has 20 heteroatoms. The fraction of sp³-hybridized carbons (Fsp3) is 0.417. The lowest BCUT2D eigenvalue weighted by Gasteiger charge is -2.34. The average molecular weight is 967 g/mol. The summed E-state index contributed by atoms with van der Waals surface area (Å²) in [5, 5.41) is 22.2. The maximum Gasteiger partial charge on any atom is 0.266 e. The molecule has 68 heavy (non-hydrogen) atoms. The predicted octanol–water partition coefficient (Wildman–Crippen LogP) is 4.36. The number of nitrogens with one attached hydrogen (secondary N) is 5. The number of methoxy groups -OCH3 is 1. The van der Waals surface area contributed by atoms with Crippen molar-refractivity contribution < 1.29 is 38.0 Å². The molecular formula is C48H56ClN10O8P. The zero-order chi connectivity index (χ0) is 48.1. The number of carbonyl (C=O) groups excluding carboxylic acids is 5. The van der Waals surface area contributed by atoms with Crippen LogP contribution in [0, 0.1) is 5.41 Å². The summed E-state index contributed by atoms with van der Waals surface area (Å²) in [6.07, 6.45) is 5.19. The minimum atomic E-state index is -2.56. The topological polar surface area (TPSA) is 228 Å². The number of anilines is 3. The van der Waals surface area contributed by atoms with E-state index in [1.54, 1.807) is 37.5 Å². The molecule has 3 fully saturated rings. The van der Waals surface area contributed by atoms with Crippen LogP contribution in [0.1, 0.15) is 70.5 Å². The first-order valence-corrected chi connectivity index (χ1v) is 25.8. The molecular weight excluding hydrogens is 911 g/mol. The van der Waals surface area contributed by atoms with Gasteiger partial charge in [0.05, 0.1) is 53.4 Å². The van der Waals surface area contributed by atoms with E-state index in [4.69, 9.17) is 26.5 Å². The third kappa shape index (κ3) is 10.7. The maximum absolute atomic E-state index is 13.5. The highest BCUT2D eigenvalue weighted by atomic mass is 35.5. The summed E-state index contributed by atoms with van der Waals surface area (Å²) in [5.74, 6) is -1.31. The number of halogens is 1. The molecule has 0 bridgehead atoms. The number of amides is 5. The molecule has 5 amide bonds. The molecule has 1 unspecified atom stereocenters. The van der Waals surface area contributed by atoms with Crippen molar-refractivity contribution in [2.45, 2.75) is 63.1 Å². The highest BCUT2D eigenvalue weighted by molar-refractivity contribution is 7.70. The van der Waals surface area contributed by atoms with Crippen LogP contribution in [-0.2, 0) is 25.4 Å². The van der Waals surface area contributed by atoms with E-state index in [9.17, 15) is 28.5 Å². The van der Waals surface area contributed by atoms with Crippen molar-refractivity contribution in [3.8, 4) is 11.5 Å². The number of rotatable bonds is 18. The Morgan fingerprint density at radius 2 is 1.75 bits per heavy atom. The summed E-state index contributed by atoms with van der Waals surface area (Å²) in [6.45, 7) is 7.33. The number of benzene rings is 3. The highest BCUT2D eigenvalue weighted by Crippen LogP contribution is 2.37. The summed E-state index contributed by atoms with van der Waals surface area (Å²) in [4.78, 5) is 78.2. The fourth-order valence-corrected chi connectivity index (χ4v) is 10.8. The third-order valence-corrected chi connectivity index (χ3v) is 14.7. The molecule has 4 aliphatic heterocycles. The van der Waals surface area contributed by atoms with Crippen LogP contribution in [0.3, 0.4) is 0 Å². The monoisotopic (exact) mass is 966 g/mol. The zero-order valence-electron chi connectivity index (χ0n) is 38.3. The number of hydrogen-bond acceptors (Lipinski definition) is 15. The summed E-state index contributed by atoms with van der Waals surface area (Å²) < 4.78 is 24.8. The molecule has 4 aromatic rings. The van der Waals surface area contributed by atoms with Gasteiger partial charge in [0, 0.05) is 68.7 Å². The number of ether oxygens (including phenoxy) is 2. The third-order valence-electron chi connectivity index (χ3n) is 12.8. The Bertz CT molecular complexity index is 2670. The highest BCUT2D eigenvalue weighted by Gasteiger charge is 2.46. The Morgan fingerprint density at radius 3 is 2.51 bits per heavy atom. The lowest BCUT2D eigenvalue weighted by molar-refractivity contribution is -0.136. The van der Waals surface area contributed by atoms with Crippen LogP contribution < -0.4 is 40.9 Å². The van der Waals surface area contributed by atoms with Crippen molar-refractivity contribution in [1.29, 1.82) is 5.41 Å². The molecule has 0 saturated carbocycles. The van der Waals surface area contributed by atoms with Gasteiger partial charge in [-0.3, -0.25) is 34.2 Å². The standard InChI is InChI=1S/C48H56ClN10O8P/c1-66-39-25-31(13-14-36(39)54-48-53-26-34(49)44(56-48)35(50)24-29-8-4-5-12-40(29)68(2,3)65)57-22-17-30(18-23-57)52-20-19-51-27-42(61)58-21-7-9-32(58)28-67-38-11-6-10-33-43(38)47(64)59(46(33)63)37-15-16-41(60)55-45(37)62/h4-6,8,10-14,25-26,30,32,37,50-52H,7,9,15-24,27-28H2,1-3H3,(H,53,54,56)(H,55,60,62)/t32-,37?/m0/s1. The fourth-order valence-electron chi connectivity index (χ4n) is 9.33. The van der Waals surface area contributed by atoms with Crippen molar-refractivity contribution >= 4 is 76.6 Å². The number of imide groups is 2. The van der Waals surface area contributed by atoms with Crippen molar-refractivity contribution in [1.82, 2.24) is 35.7 Å². The molecule has 0 spiro atoms. The van der Waals surface area contributed by atoms with E-state index in [0.29, 0.717) is 37.1 Å². The van der Waals surface area contributed by atoms with Gasteiger partial charge in [0.25, 0.3) is 11.8 Å². The Kier molecular flexibility index (Phi) is 14.9. The Morgan fingerprint density at radius 1 is 0.956 bits per heavy atom. The zero-order valence-corrected chi connectivity index (χ0v) is 40.0. The molecule has 8 rings (SSSR count). The van der Waals surface area contributed by atoms with Crippen LogP contribution >= 0.6 is 18.7 Å². The van der Waals surface area contributed by atoms with Gasteiger partial charge in [0.15, 0.2) is 0 Å². The van der Waals surface area contributed by atoms with Crippen LogP contribution in [0.2, 0.25) is 5.02 Å². The van der Waals surface area contributed by atoms with Gasteiger partial charge < -0.3 is 45.2 Å². The van der Waals surface area contributed by atoms with Crippen LogP contribution in [0.15, 0.2) is 66.9 Å². The van der Waals surface area contributed by atoms with Crippen molar-refractivity contribution in [3.05, 3.63) is 94.3 Å². The second-order valence-electron chi connectivity index (χ2n) is 17.7. The normalized spacial score (nSPS) is 18.7. The summed E-state index contributed by atoms with van der Waals surface area (Å²) in [7, 11) is -0.955. The quantitative estimate of drug-likeness (QED) is 0.0404. The molecule has 0 aliphatic carbocycles. The van der Waals surface area contributed by atoms with Crippen molar-refractivity contribution in [2.24, 2.45) is 0 Å². The molecule has 5 N–H and O–H groups in total. The largest absolute Gasteiger partial charge is 0.494 e. The Balaban J connectivity index is 0.765. The van der Waals surface area contributed by atoms with E-state index in [2.05, 4.69) is 36.1 Å². The first-order chi connectivity index (χ1) is 32.7. The SMILES string of the molecule is COc1cc(N2CCC(NCCNCC(=O)N3CCC[C@H]3COc3cccc4c3C(=O)N(C3CCC(=O)NC3=O)C4=O)CC2)ccc1Nc1ncc(Cl)c(C(=N)Cc2ccccc2P(C)(C)=O)n1. The van der Waals surface area contributed by atoms with Crippen LogP contribution in [0.4, 0.5) is 17.3 Å². The molecule has 1 aromatic heterocycles. The Hall–Kier alpha value is -6.20. The lowest BCUT2D eigenvalue weighted by atomic mass is 10.0. The number of nitrogens with zero attached hydrogens (tertiary/aromatic N) is 5. The molecule has 2 atom stereocenters. The smallest absolute Gasteiger partial charge is 0.266 e. The van der Waals surface area contributed by atoms with E-state index in [1.807, 2.05) is 42.5 Å². The van der Waals surface area contributed by atoms with Crippen molar-refractivity contribution in [3.63, 3.8) is 0 Å². The van der Waals surface area contributed by atoms with E-state index in [-0.39, 0.29) is 83.6 Å². The minimum Gasteiger partial charge on any atom is -0.494 e. The van der Waals surface area contributed by atoms with Gasteiger partial charge in [0.2, 0.25) is 23.7 Å². The van der Waals surface area contributed by atoms with Crippen LogP contribution in [0.5, 0.6) is 11.5 Å². The number of aromatic nitrogens is 2. The van der Waals surface area contributed by atoms with Gasteiger partial charge >= 0.3 is 0 Å². The van der Waals surface area contributed by atoms with Gasteiger partial charge in [-0.15, -0.1) is 0 Å². The number of hydrogen-bond donors (Lipinski definition) is 5. The second-order valence-corrected chi connectivity index (χ2v) is 21.3. The van der Waals surface area contributed by atoms with Gasteiger partial charge in [0.1, 0.15) is 37.0 Å². The maximum atomic E-state index is 13.5. The van der Waals surface area contributed by atoms with Gasteiger partial charge in [-0.25, -0.2) is 9.97 Å². The number of carbonyl (C=O) groups is 5. The lowest BCUT2D eigenvalue weighted by Crippen LogP contribution is -2.54. The molecule has 18 nitrogen and oxygen atoms in total. The summed E-state index contributed by atoms with van der Waals surface area (Å²) >= 11 is 6.48. The molecule has 3 aromatic carbocycles. The predicted molar refractivity (Wildman–Crippen MR) is 259 cm³/mol. The minimum absolute atomic E-state index is 0.0316. The number of fused-ring (bicyclic) bond motifs is 1. The first kappa shape index (κ1) is 48.3. The number of likely N-dealkylation sites (tertiary alicyclic amines) is 1. The van der Waals surface area contributed by atoms with E-state index in [0.717, 1.165) is 60.2 Å².